The minimum absolute atomic E-state index is 0.121. The smallest absolute Gasteiger partial charge is 0.417 e. The molecule has 3 rings (SSSR count). The summed E-state index contributed by atoms with van der Waals surface area (Å²) in [7, 11) is 1.53. The van der Waals surface area contributed by atoms with Crippen LogP contribution in [0.5, 0.6) is 5.75 Å². The first kappa shape index (κ1) is 20.3. The van der Waals surface area contributed by atoms with Gasteiger partial charge in [0.05, 0.1) is 18.2 Å². The number of pyridine rings is 1. The molecule has 1 aromatic heterocycles. The molecule has 0 bridgehead atoms. The third kappa shape index (κ3) is 4.35. The Kier molecular flexibility index (Phi) is 6.02. The number of halogens is 3. The summed E-state index contributed by atoms with van der Waals surface area (Å²) >= 11 is 1.57. The molecule has 9 heteroatoms. The molecule has 1 saturated heterocycles. The van der Waals surface area contributed by atoms with Crippen LogP contribution >= 0.6 is 11.8 Å². The summed E-state index contributed by atoms with van der Waals surface area (Å²) in [6.07, 6.45) is -1.61. The Morgan fingerprint density at radius 1 is 1.14 bits per heavy atom. The van der Waals surface area contributed by atoms with E-state index in [2.05, 4.69) is 4.98 Å². The molecule has 28 heavy (non-hydrogen) atoms. The summed E-state index contributed by atoms with van der Waals surface area (Å²) in [5, 5.41) is 0. The summed E-state index contributed by atoms with van der Waals surface area (Å²) in [5.74, 6) is 0.884. The van der Waals surface area contributed by atoms with Gasteiger partial charge in [-0.3, -0.25) is 4.79 Å². The predicted octanol–water partition coefficient (Wildman–Crippen LogP) is 3.79. The maximum atomic E-state index is 12.9. The van der Waals surface area contributed by atoms with Crippen molar-refractivity contribution >= 4 is 23.5 Å². The Morgan fingerprint density at radius 3 is 2.39 bits per heavy atom. The van der Waals surface area contributed by atoms with E-state index in [4.69, 9.17) is 4.74 Å². The standard InChI is InChI=1S/C19H20F3N3O2S/c1-27-16-11-14(28-2)4-5-15(16)18(26)25-9-7-24(8-10-25)17-6-3-13(12-23-17)19(20,21)22/h3-6,11-12H,7-10H2,1-2H3. The quantitative estimate of drug-likeness (QED) is 0.717. The average molecular weight is 411 g/mol. The summed E-state index contributed by atoms with van der Waals surface area (Å²) in [6, 6.07) is 7.86. The summed E-state index contributed by atoms with van der Waals surface area (Å²) in [6.45, 7) is 1.90. The van der Waals surface area contributed by atoms with Crippen LogP contribution in [0.1, 0.15) is 15.9 Å². The Balaban J connectivity index is 1.66. The van der Waals surface area contributed by atoms with Crippen molar-refractivity contribution in [2.75, 3.05) is 44.4 Å². The van der Waals surface area contributed by atoms with Crippen molar-refractivity contribution in [3.63, 3.8) is 0 Å². The number of nitrogens with zero attached hydrogens (tertiary/aromatic N) is 3. The first-order chi connectivity index (χ1) is 13.3. The van der Waals surface area contributed by atoms with E-state index < -0.39 is 11.7 Å². The van der Waals surface area contributed by atoms with Crippen LogP contribution in [0.3, 0.4) is 0 Å². The van der Waals surface area contributed by atoms with Crippen molar-refractivity contribution in [3.05, 3.63) is 47.7 Å². The van der Waals surface area contributed by atoms with Crippen LogP contribution in [0.15, 0.2) is 41.4 Å². The number of carbonyl (C=O) groups excluding carboxylic acids is 1. The van der Waals surface area contributed by atoms with Crippen LogP contribution in [0.4, 0.5) is 19.0 Å². The van der Waals surface area contributed by atoms with Gasteiger partial charge in [-0.15, -0.1) is 11.8 Å². The zero-order chi connectivity index (χ0) is 20.3. The van der Waals surface area contributed by atoms with Crippen molar-refractivity contribution in [2.45, 2.75) is 11.1 Å². The number of ether oxygens (including phenoxy) is 1. The molecule has 1 aromatic carbocycles. The van der Waals surface area contributed by atoms with E-state index in [0.29, 0.717) is 43.3 Å². The van der Waals surface area contributed by atoms with E-state index in [1.165, 1.54) is 13.2 Å². The second-order valence-electron chi connectivity index (χ2n) is 6.25. The molecule has 1 amide bonds. The van der Waals surface area contributed by atoms with Gasteiger partial charge in [0, 0.05) is 37.3 Å². The van der Waals surface area contributed by atoms with Gasteiger partial charge in [-0.05, 0) is 36.6 Å². The highest BCUT2D eigenvalue weighted by Gasteiger charge is 2.31. The Hall–Kier alpha value is -2.42. The number of alkyl halides is 3. The summed E-state index contributed by atoms with van der Waals surface area (Å²) in [5.41, 5.74) is -0.271. The molecular formula is C19H20F3N3O2S. The lowest BCUT2D eigenvalue weighted by atomic mass is 10.1. The average Bonchev–Trinajstić information content (AvgIpc) is 2.72. The maximum absolute atomic E-state index is 12.9. The summed E-state index contributed by atoms with van der Waals surface area (Å²) in [4.78, 5) is 21.4. The fourth-order valence-electron chi connectivity index (χ4n) is 3.02. The minimum Gasteiger partial charge on any atom is -0.496 e. The van der Waals surface area contributed by atoms with Gasteiger partial charge in [0.2, 0.25) is 0 Å². The van der Waals surface area contributed by atoms with Crippen LogP contribution in [0.25, 0.3) is 0 Å². The molecule has 0 N–H and O–H groups in total. The molecule has 2 heterocycles. The van der Waals surface area contributed by atoms with Gasteiger partial charge < -0.3 is 14.5 Å². The molecule has 0 saturated carbocycles. The molecule has 1 aliphatic heterocycles. The van der Waals surface area contributed by atoms with Crippen molar-refractivity contribution in [2.24, 2.45) is 0 Å². The van der Waals surface area contributed by atoms with E-state index in [-0.39, 0.29) is 5.91 Å². The van der Waals surface area contributed by atoms with Crippen molar-refractivity contribution in [1.29, 1.82) is 0 Å². The molecule has 2 aromatic rings. The van der Waals surface area contributed by atoms with Crippen molar-refractivity contribution in [1.82, 2.24) is 9.88 Å². The van der Waals surface area contributed by atoms with Gasteiger partial charge in [-0.1, -0.05) is 0 Å². The van der Waals surface area contributed by atoms with Crippen molar-refractivity contribution in [3.8, 4) is 5.75 Å². The Bertz CT molecular complexity index is 835. The number of anilines is 1. The summed E-state index contributed by atoms with van der Waals surface area (Å²) < 4.78 is 43.3. The molecule has 0 aliphatic carbocycles. The molecule has 150 valence electrons. The van der Waals surface area contributed by atoms with Gasteiger partial charge in [0.25, 0.3) is 5.91 Å². The molecule has 1 fully saturated rings. The Labute approximate surface area is 165 Å². The lowest BCUT2D eigenvalue weighted by Gasteiger charge is -2.35. The number of benzene rings is 1. The third-order valence-electron chi connectivity index (χ3n) is 4.61. The fourth-order valence-corrected chi connectivity index (χ4v) is 3.45. The number of piperazine rings is 1. The topological polar surface area (TPSA) is 45.7 Å². The number of rotatable bonds is 4. The largest absolute Gasteiger partial charge is 0.496 e. The third-order valence-corrected chi connectivity index (χ3v) is 5.33. The second-order valence-corrected chi connectivity index (χ2v) is 7.13. The van der Waals surface area contributed by atoms with E-state index in [9.17, 15) is 18.0 Å². The molecule has 0 spiro atoms. The molecule has 0 unspecified atom stereocenters. The van der Waals surface area contributed by atoms with E-state index in [1.54, 1.807) is 22.7 Å². The van der Waals surface area contributed by atoms with Crippen LogP contribution in [0, 0.1) is 0 Å². The van der Waals surface area contributed by atoms with E-state index >= 15 is 0 Å². The number of aromatic nitrogens is 1. The SMILES string of the molecule is COc1cc(SC)ccc1C(=O)N1CCN(c2ccc(C(F)(F)F)cn2)CC1. The lowest BCUT2D eigenvalue weighted by Crippen LogP contribution is -2.49. The molecule has 1 aliphatic rings. The minimum atomic E-state index is -4.40. The number of hydrogen-bond donors (Lipinski definition) is 0. The normalized spacial score (nSPS) is 14.9. The van der Waals surface area contributed by atoms with Crippen molar-refractivity contribution < 1.29 is 22.7 Å². The molecule has 0 radical (unpaired) electrons. The number of methoxy groups -OCH3 is 1. The predicted molar refractivity (Wildman–Crippen MR) is 102 cm³/mol. The lowest BCUT2D eigenvalue weighted by molar-refractivity contribution is -0.137. The van der Waals surface area contributed by atoms with Gasteiger partial charge in [0.1, 0.15) is 11.6 Å². The molecule has 0 atom stereocenters. The van der Waals surface area contributed by atoms with Crippen LogP contribution in [-0.2, 0) is 6.18 Å². The van der Waals surface area contributed by atoms with E-state index in [1.807, 2.05) is 23.3 Å². The highest BCUT2D eigenvalue weighted by atomic mass is 32.2. The number of carbonyl (C=O) groups is 1. The van der Waals surface area contributed by atoms with Gasteiger partial charge in [0.15, 0.2) is 0 Å². The van der Waals surface area contributed by atoms with Gasteiger partial charge in [-0.2, -0.15) is 13.2 Å². The highest BCUT2D eigenvalue weighted by Crippen LogP contribution is 2.30. The van der Waals surface area contributed by atoms with Crippen LogP contribution < -0.4 is 9.64 Å². The van der Waals surface area contributed by atoms with Gasteiger partial charge in [-0.25, -0.2) is 4.98 Å². The maximum Gasteiger partial charge on any atom is 0.417 e. The zero-order valence-electron chi connectivity index (χ0n) is 15.5. The van der Waals surface area contributed by atoms with E-state index in [0.717, 1.165) is 17.2 Å². The molecule has 5 nitrogen and oxygen atoms in total. The fraction of sp³-hybridized carbons (Fsp3) is 0.368. The number of thioether (sulfide) groups is 1. The second kappa shape index (κ2) is 8.30. The zero-order valence-corrected chi connectivity index (χ0v) is 16.3. The Morgan fingerprint density at radius 2 is 1.86 bits per heavy atom. The first-order valence-electron chi connectivity index (χ1n) is 8.63. The monoisotopic (exact) mass is 411 g/mol. The first-order valence-corrected chi connectivity index (χ1v) is 9.85. The highest BCUT2D eigenvalue weighted by molar-refractivity contribution is 7.98. The van der Waals surface area contributed by atoms with Crippen LogP contribution in [0.2, 0.25) is 0 Å². The molecular weight excluding hydrogens is 391 g/mol. The number of amides is 1. The van der Waals surface area contributed by atoms with Crippen LogP contribution in [-0.4, -0.2) is 55.3 Å². The number of hydrogen-bond acceptors (Lipinski definition) is 5. The van der Waals surface area contributed by atoms with Gasteiger partial charge >= 0.3 is 6.18 Å².